The quantitative estimate of drug-likeness (QED) is 0.847. The first-order valence-corrected chi connectivity index (χ1v) is 6.81. The highest BCUT2D eigenvalue weighted by Crippen LogP contribution is 2.37. The predicted molar refractivity (Wildman–Crippen MR) is 79.1 cm³/mol. The lowest BCUT2D eigenvalue weighted by Crippen LogP contribution is -1.98. The number of hydrogen-bond donors (Lipinski definition) is 1. The van der Waals surface area contributed by atoms with Crippen molar-refractivity contribution < 1.29 is 14.6 Å². The van der Waals surface area contributed by atoms with Crippen LogP contribution in [0.25, 0.3) is 11.4 Å². The molecule has 0 fully saturated rings. The van der Waals surface area contributed by atoms with Crippen molar-refractivity contribution >= 4 is 27.5 Å². The number of phenols is 1. The van der Waals surface area contributed by atoms with Crippen LogP contribution in [0.15, 0.2) is 22.7 Å². The average molecular weight is 360 g/mol. The Labute approximate surface area is 129 Å². The number of nitrogens with zero attached hydrogens (tertiary/aromatic N) is 2. The summed E-state index contributed by atoms with van der Waals surface area (Å²) in [5.74, 6) is 0.783. The second-order valence-corrected chi connectivity index (χ2v) is 5.19. The molecule has 1 aromatic carbocycles. The van der Waals surface area contributed by atoms with Gasteiger partial charge in [0.1, 0.15) is 5.15 Å². The minimum Gasteiger partial charge on any atom is -0.503 e. The van der Waals surface area contributed by atoms with E-state index in [9.17, 15) is 5.11 Å². The molecule has 20 heavy (non-hydrogen) atoms. The highest BCUT2D eigenvalue weighted by molar-refractivity contribution is 9.10. The van der Waals surface area contributed by atoms with Gasteiger partial charge in [0.25, 0.3) is 0 Å². The van der Waals surface area contributed by atoms with Crippen molar-refractivity contribution in [2.75, 3.05) is 14.2 Å². The number of aromatic nitrogens is 2. The molecule has 0 amide bonds. The molecule has 0 aliphatic heterocycles. The predicted octanol–water partition coefficient (Wildman–Crippen LogP) is 3.42. The summed E-state index contributed by atoms with van der Waals surface area (Å²) in [4.78, 5) is 8.53. The molecule has 0 radical (unpaired) electrons. The van der Waals surface area contributed by atoms with Crippen LogP contribution in [0.5, 0.6) is 11.5 Å². The van der Waals surface area contributed by atoms with Gasteiger partial charge < -0.3 is 14.6 Å². The standard InChI is InChI=1S/C13H12BrClN2O3/c1-19-6-8-5-11(15)17-13(16-8)7-3-9(14)12(18)10(4-7)20-2/h3-5,18H,6H2,1-2H3. The summed E-state index contributed by atoms with van der Waals surface area (Å²) in [6.07, 6.45) is 0. The van der Waals surface area contributed by atoms with Gasteiger partial charge in [-0.2, -0.15) is 0 Å². The summed E-state index contributed by atoms with van der Waals surface area (Å²) in [7, 11) is 3.05. The molecule has 1 aromatic heterocycles. The lowest BCUT2D eigenvalue weighted by atomic mass is 10.2. The highest BCUT2D eigenvalue weighted by atomic mass is 79.9. The number of hydrogen-bond acceptors (Lipinski definition) is 5. The maximum absolute atomic E-state index is 9.80. The van der Waals surface area contributed by atoms with E-state index in [2.05, 4.69) is 25.9 Å². The van der Waals surface area contributed by atoms with Crippen molar-refractivity contribution in [3.63, 3.8) is 0 Å². The van der Waals surface area contributed by atoms with Crippen LogP contribution in [-0.2, 0) is 11.3 Å². The second kappa shape index (κ2) is 6.39. The van der Waals surface area contributed by atoms with Crippen molar-refractivity contribution in [1.82, 2.24) is 9.97 Å². The number of aromatic hydroxyl groups is 1. The molecular formula is C13H12BrClN2O3. The maximum Gasteiger partial charge on any atom is 0.172 e. The van der Waals surface area contributed by atoms with Gasteiger partial charge in [-0.25, -0.2) is 9.97 Å². The first-order chi connectivity index (χ1) is 9.55. The van der Waals surface area contributed by atoms with E-state index in [1.54, 1.807) is 25.3 Å². The Morgan fingerprint density at radius 1 is 1.25 bits per heavy atom. The van der Waals surface area contributed by atoms with E-state index in [0.717, 1.165) is 0 Å². The minimum absolute atomic E-state index is 0.0235. The maximum atomic E-state index is 9.80. The zero-order chi connectivity index (χ0) is 14.7. The van der Waals surface area contributed by atoms with Gasteiger partial charge in [0, 0.05) is 12.7 Å². The Morgan fingerprint density at radius 2 is 2.00 bits per heavy atom. The number of benzene rings is 1. The van der Waals surface area contributed by atoms with Gasteiger partial charge in [-0.1, -0.05) is 11.6 Å². The van der Waals surface area contributed by atoms with E-state index in [0.29, 0.717) is 39.1 Å². The third-order valence-corrected chi connectivity index (χ3v) is 3.34. The van der Waals surface area contributed by atoms with E-state index in [-0.39, 0.29) is 5.75 Å². The van der Waals surface area contributed by atoms with Gasteiger partial charge in [-0.05, 0) is 34.1 Å². The first kappa shape index (κ1) is 15.0. The van der Waals surface area contributed by atoms with Crippen LogP contribution in [0.2, 0.25) is 5.15 Å². The third-order valence-electron chi connectivity index (χ3n) is 2.55. The van der Waals surface area contributed by atoms with Crippen molar-refractivity contribution in [2.45, 2.75) is 6.61 Å². The van der Waals surface area contributed by atoms with E-state index in [4.69, 9.17) is 21.1 Å². The minimum atomic E-state index is 0.0235. The van der Waals surface area contributed by atoms with E-state index in [1.165, 1.54) is 7.11 Å². The zero-order valence-electron chi connectivity index (χ0n) is 10.9. The van der Waals surface area contributed by atoms with E-state index in [1.807, 2.05) is 0 Å². The van der Waals surface area contributed by atoms with Crippen molar-refractivity contribution in [3.05, 3.63) is 33.5 Å². The third kappa shape index (κ3) is 3.20. The topological polar surface area (TPSA) is 64.5 Å². The molecule has 0 unspecified atom stereocenters. The highest BCUT2D eigenvalue weighted by Gasteiger charge is 2.13. The van der Waals surface area contributed by atoms with Crippen LogP contribution < -0.4 is 4.74 Å². The molecule has 106 valence electrons. The smallest absolute Gasteiger partial charge is 0.172 e. The molecular weight excluding hydrogens is 348 g/mol. The summed E-state index contributed by atoms with van der Waals surface area (Å²) in [6, 6.07) is 4.98. The lowest BCUT2D eigenvalue weighted by molar-refractivity contribution is 0.181. The molecule has 2 rings (SSSR count). The SMILES string of the molecule is COCc1cc(Cl)nc(-c2cc(Br)c(O)c(OC)c2)n1. The number of halogens is 2. The van der Waals surface area contributed by atoms with E-state index < -0.39 is 0 Å². The van der Waals surface area contributed by atoms with Crippen molar-refractivity contribution in [3.8, 4) is 22.9 Å². The zero-order valence-corrected chi connectivity index (χ0v) is 13.2. The van der Waals surface area contributed by atoms with Gasteiger partial charge >= 0.3 is 0 Å². The molecule has 0 bridgehead atoms. The molecule has 0 atom stereocenters. The Morgan fingerprint density at radius 3 is 2.65 bits per heavy atom. The van der Waals surface area contributed by atoms with Gasteiger partial charge in [-0.15, -0.1) is 0 Å². The van der Waals surface area contributed by atoms with Gasteiger partial charge in [-0.3, -0.25) is 0 Å². The van der Waals surface area contributed by atoms with Crippen LogP contribution in [0, 0.1) is 0 Å². The van der Waals surface area contributed by atoms with E-state index >= 15 is 0 Å². The Hall–Kier alpha value is -1.37. The van der Waals surface area contributed by atoms with Gasteiger partial charge in [0.05, 0.1) is 23.9 Å². The molecule has 7 heteroatoms. The van der Waals surface area contributed by atoms with Crippen LogP contribution in [0.1, 0.15) is 5.69 Å². The Kier molecular flexibility index (Phi) is 4.80. The van der Waals surface area contributed by atoms with Crippen molar-refractivity contribution in [2.24, 2.45) is 0 Å². The molecule has 2 aromatic rings. The number of methoxy groups -OCH3 is 2. The van der Waals surface area contributed by atoms with Crippen LogP contribution in [0.3, 0.4) is 0 Å². The number of ether oxygens (including phenoxy) is 2. The fourth-order valence-corrected chi connectivity index (χ4v) is 2.32. The number of phenolic OH excluding ortho intramolecular Hbond substituents is 1. The normalized spacial score (nSPS) is 10.6. The fourth-order valence-electron chi connectivity index (χ4n) is 1.67. The van der Waals surface area contributed by atoms with Crippen molar-refractivity contribution in [1.29, 1.82) is 0 Å². The molecule has 5 nitrogen and oxygen atoms in total. The summed E-state index contributed by atoms with van der Waals surface area (Å²) in [6.45, 7) is 0.339. The van der Waals surface area contributed by atoms with Gasteiger partial charge in [0.15, 0.2) is 17.3 Å². The largest absolute Gasteiger partial charge is 0.503 e. The Bertz CT molecular complexity index is 637. The molecule has 1 N–H and O–H groups in total. The summed E-state index contributed by atoms with van der Waals surface area (Å²) in [5, 5.41) is 10.1. The molecule has 0 aliphatic carbocycles. The number of rotatable bonds is 4. The molecule has 0 saturated heterocycles. The second-order valence-electron chi connectivity index (χ2n) is 3.95. The van der Waals surface area contributed by atoms with Crippen LogP contribution in [0.4, 0.5) is 0 Å². The molecule has 0 aliphatic rings. The molecule has 0 spiro atoms. The van der Waals surface area contributed by atoms with Crippen LogP contribution >= 0.6 is 27.5 Å². The Balaban J connectivity index is 2.53. The lowest BCUT2D eigenvalue weighted by Gasteiger charge is -2.09. The summed E-state index contributed by atoms with van der Waals surface area (Å²) >= 11 is 9.24. The first-order valence-electron chi connectivity index (χ1n) is 5.64. The molecule has 0 saturated carbocycles. The summed E-state index contributed by atoms with van der Waals surface area (Å²) in [5.41, 5.74) is 1.34. The van der Waals surface area contributed by atoms with Crippen LogP contribution in [-0.4, -0.2) is 29.3 Å². The van der Waals surface area contributed by atoms with Gasteiger partial charge in [0.2, 0.25) is 0 Å². The molecule has 1 heterocycles. The fraction of sp³-hybridized carbons (Fsp3) is 0.231. The summed E-state index contributed by atoms with van der Waals surface area (Å²) < 4.78 is 10.6. The monoisotopic (exact) mass is 358 g/mol. The average Bonchev–Trinajstić information content (AvgIpc) is 2.41.